The van der Waals surface area contributed by atoms with E-state index in [1.807, 2.05) is 0 Å². The van der Waals surface area contributed by atoms with Crippen LogP contribution >= 0.6 is 0 Å². The van der Waals surface area contributed by atoms with Crippen molar-refractivity contribution in [3.05, 3.63) is 0 Å². The first kappa shape index (κ1) is 17.8. The zero-order valence-corrected chi connectivity index (χ0v) is 13.4. The molecular weight excluding hydrogens is 226 g/mol. The summed E-state index contributed by atoms with van der Waals surface area (Å²) in [6, 6.07) is 0.441. The molecule has 0 amide bonds. The molecule has 0 aromatic carbocycles. The molecule has 0 saturated carbocycles. The van der Waals surface area contributed by atoms with Gasteiger partial charge in [0.2, 0.25) is 0 Å². The van der Waals surface area contributed by atoms with Gasteiger partial charge in [0, 0.05) is 25.2 Å². The van der Waals surface area contributed by atoms with Crippen LogP contribution in [0.25, 0.3) is 0 Å². The largest absolute Gasteiger partial charge is 0.383 e. The van der Waals surface area contributed by atoms with Gasteiger partial charge >= 0.3 is 0 Å². The smallest absolute Gasteiger partial charge is 0.0630 e. The van der Waals surface area contributed by atoms with Crippen molar-refractivity contribution in [1.29, 1.82) is 0 Å². The highest BCUT2D eigenvalue weighted by molar-refractivity contribution is 4.77. The molecule has 0 aliphatic rings. The van der Waals surface area contributed by atoms with Crippen LogP contribution in [0.3, 0.4) is 0 Å². The van der Waals surface area contributed by atoms with E-state index < -0.39 is 0 Å². The summed E-state index contributed by atoms with van der Waals surface area (Å²) in [5, 5.41) is 3.55. The average Bonchev–Trinajstić information content (AvgIpc) is 2.22. The first-order valence-corrected chi connectivity index (χ1v) is 6.85. The molecule has 1 N–H and O–H groups in total. The van der Waals surface area contributed by atoms with Crippen LogP contribution in [0.4, 0.5) is 0 Å². The third-order valence-corrected chi connectivity index (χ3v) is 2.97. The van der Waals surface area contributed by atoms with Crippen molar-refractivity contribution in [2.45, 2.75) is 38.8 Å². The van der Waals surface area contributed by atoms with Gasteiger partial charge in [-0.2, -0.15) is 0 Å². The van der Waals surface area contributed by atoms with Gasteiger partial charge in [-0.25, -0.2) is 0 Å². The summed E-state index contributed by atoms with van der Waals surface area (Å²) in [6.45, 7) is 10.6. The van der Waals surface area contributed by atoms with E-state index in [1.54, 1.807) is 7.11 Å². The SMILES string of the molecule is COCC(CNC(C)(C)C)N(C)CCCN(C)C. The molecule has 0 bridgehead atoms. The quantitative estimate of drug-likeness (QED) is 0.675. The first-order valence-electron chi connectivity index (χ1n) is 6.85. The van der Waals surface area contributed by atoms with Crippen LogP contribution in [0, 0.1) is 0 Å². The maximum absolute atomic E-state index is 5.33. The lowest BCUT2D eigenvalue weighted by Crippen LogP contribution is -2.48. The fourth-order valence-electron chi connectivity index (χ4n) is 1.78. The van der Waals surface area contributed by atoms with Crippen molar-refractivity contribution in [3.63, 3.8) is 0 Å². The molecule has 0 radical (unpaired) electrons. The molecule has 4 heteroatoms. The lowest BCUT2D eigenvalue weighted by molar-refractivity contribution is 0.0991. The fraction of sp³-hybridized carbons (Fsp3) is 1.00. The van der Waals surface area contributed by atoms with E-state index in [0.717, 1.165) is 26.2 Å². The summed E-state index contributed by atoms with van der Waals surface area (Å²) in [7, 11) is 8.20. The lowest BCUT2D eigenvalue weighted by atomic mass is 10.1. The van der Waals surface area contributed by atoms with E-state index in [4.69, 9.17) is 4.74 Å². The second-order valence-corrected chi connectivity index (χ2v) is 6.38. The first-order chi connectivity index (χ1) is 8.26. The van der Waals surface area contributed by atoms with Crippen molar-refractivity contribution < 1.29 is 4.74 Å². The summed E-state index contributed by atoms with van der Waals surface area (Å²) in [5.74, 6) is 0. The van der Waals surface area contributed by atoms with E-state index in [-0.39, 0.29) is 5.54 Å². The summed E-state index contributed by atoms with van der Waals surface area (Å²) in [6.07, 6.45) is 1.19. The van der Waals surface area contributed by atoms with Gasteiger partial charge in [-0.15, -0.1) is 0 Å². The second kappa shape index (κ2) is 8.86. The van der Waals surface area contributed by atoms with Crippen LogP contribution < -0.4 is 5.32 Å². The summed E-state index contributed by atoms with van der Waals surface area (Å²) < 4.78 is 5.33. The van der Waals surface area contributed by atoms with Gasteiger partial charge in [0.15, 0.2) is 0 Å². The Bertz CT molecular complexity index is 202. The monoisotopic (exact) mass is 259 g/mol. The molecule has 4 nitrogen and oxygen atoms in total. The van der Waals surface area contributed by atoms with Crippen molar-refractivity contribution in [2.75, 3.05) is 54.5 Å². The Morgan fingerprint density at radius 3 is 2.17 bits per heavy atom. The van der Waals surface area contributed by atoms with Crippen LogP contribution in [0.1, 0.15) is 27.2 Å². The minimum absolute atomic E-state index is 0.163. The maximum atomic E-state index is 5.33. The van der Waals surface area contributed by atoms with Crippen LogP contribution in [0.15, 0.2) is 0 Å². The molecule has 18 heavy (non-hydrogen) atoms. The summed E-state index contributed by atoms with van der Waals surface area (Å²) in [4.78, 5) is 4.62. The van der Waals surface area contributed by atoms with E-state index in [9.17, 15) is 0 Å². The Balaban J connectivity index is 4.05. The number of nitrogens with one attached hydrogen (secondary N) is 1. The fourth-order valence-corrected chi connectivity index (χ4v) is 1.78. The second-order valence-electron chi connectivity index (χ2n) is 6.38. The molecule has 0 aliphatic heterocycles. The summed E-state index contributed by atoms with van der Waals surface area (Å²) >= 11 is 0. The van der Waals surface area contributed by atoms with Crippen LogP contribution in [-0.4, -0.2) is 75.9 Å². The zero-order chi connectivity index (χ0) is 14.2. The third-order valence-electron chi connectivity index (χ3n) is 2.97. The van der Waals surface area contributed by atoms with E-state index >= 15 is 0 Å². The predicted molar refractivity (Wildman–Crippen MR) is 79.2 cm³/mol. The third kappa shape index (κ3) is 9.83. The number of likely N-dealkylation sites (N-methyl/N-ethyl adjacent to an activating group) is 1. The van der Waals surface area contributed by atoms with Crippen molar-refractivity contribution in [2.24, 2.45) is 0 Å². The van der Waals surface area contributed by atoms with Crippen LogP contribution in [0.2, 0.25) is 0 Å². The van der Waals surface area contributed by atoms with Crippen molar-refractivity contribution in [1.82, 2.24) is 15.1 Å². The zero-order valence-electron chi connectivity index (χ0n) is 13.4. The number of rotatable bonds is 9. The number of hydrogen-bond donors (Lipinski definition) is 1. The molecule has 1 atom stereocenters. The Labute approximate surface area is 114 Å². The Morgan fingerprint density at radius 1 is 1.11 bits per heavy atom. The molecule has 0 heterocycles. The van der Waals surface area contributed by atoms with Gasteiger partial charge < -0.3 is 15.0 Å². The number of hydrogen-bond acceptors (Lipinski definition) is 4. The van der Waals surface area contributed by atoms with Gasteiger partial charge in [-0.3, -0.25) is 4.90 Å². The molecule has 0 saturated heterocycles. The van der Waals surface area contributed by atoms with Crippen LogP contribution in [0.5, 0.6) is 0 Å². The molecule has 0 spiro atoms. The lowest BCUT2D eigenvalue weighted by Gasteiger charge is -2.31. The van der Waals surface area contributed by atoms with Gasteiger partial charge in [0.05, 0.1) is 6.61 Å². The molecule has 0 fully saturated rings. The Kier molecular flexibility index (Phi) is 8.78. The van der Waals surface area contributed by atoms with Gasteiger partial charge in [-0.1, -0.05) is 0 Å². The Hall–Kier alpha value is -0.160. The Morgan fingerprint density at radius 2 is 1.72 bits per heavy atom. The highest BCUT2D eigenvalue weighted by Gasteiger charge is 2.17. The molecule has 0 rings (SSSR count). The normalized spacial score (nSPS) is 14.5. The van der Waals surface area contributed by atoms with Gasteiger partial charge in [-0.05, 0) is 61.4 Å². The van der Waals surface area contributed by atoms with Crippen molar-refractivity contribution in [3.8, 4) is 0 Å². The van der Waals surface area contributed by atoms with E-state index in [2.05, 4.69) is 57.0 Å². The highest BCUT2D eigenvalue weighted by atomic mass is 16.5. The van der Waals surface area contributed by atoms with Gasteiger partial charge in [0.25, 0.3) is 0 Å². The number of nitrogens with zero attached hydrogens (tertiary/aromatic N) is 2. The molecule has 0 aromatic heterocycles. The predicted octanol–water partition coefficient (Wildman–Crippen LogP) is 1.27. The maximum Gasteiger partial charge on any atom is 0.0630 e. The summed E-state index contributed by atoms with van der Waals surface area (Å²) in [5.41, 5.74) is 0.163. The standard InChI is InChI=1S/C14H33N3O/c1-14(2,3)15-11-13(12-18-7)17(6)10-8-9-16(4)5/h13,15H,8-12H2,1-7H3. The van der Waals surface area contributed by atoms with Crippen LogP contribution in [-0.2, 0) is 4.74 Å². The minimum Gasteiger partial charge on any atom is -0.383 e. The molecular formula is C14H33N3O. The van der Waals surface area contributed by atoms with Crippen molar-refractivity contribution >= 4 is 0 Å². The average molecular weight is 259 g/mol. The molecule has 1 unspecified atom stereocenters. The van der Waals surface area contributed by atoms with E-state index in [1.165, 1.54) is 6.42 Å². The highest BCUT2D eigenvalue weighted by Crippen LogP contribution is 2.03. The number of methoxy groups -OCH3 is 1. The topological polar surface area (TPSA) is 27.7 Å². The number of ether oxygens (including phenoxy) is 1. The van der Waals surface area contributed by atoms with Gasteiger partial charge in [0.1, 0.15) is 0 Å². The minimum atomic E-state index is 0.163. The molecule has 0 aliphatic carbocycles. The molecule has 0 aromatic rings. The molecule has 110 valence electrons. The van der Waals surface area contributed by atoms with E-state index in [0.29, 0.717) is 6.04 Å².